The summed E-state index contributed by atoms with van der Waals surface area (Å²) in [6.07, 6.45) is -2.77. The molecule has 1 fully saturated rings. The topological polar surface area (TPSA) is 105 Å². The molecule has 0 unspecified atom stereocenters. The van der Waals surface area contributed by atoms with Crippen molar-refractivity contribution in [3.8, 4) is 0 Å². The van der Waals surface area contributed by atoms with Gasteiger partial charge >= 0.3 is 6.18 Å². The number of nitrogens with two attached hydrogens (primary N) is 1. The van der Waals surface area contributed by atoms with E-state index in [2.05, 4.69) is 20.6 Å². The van der Waals surface area contributed by atoms with E-state index < -0.39 is 11.9 Å². The number of anilines is 2. The second-order valence-corrected chi connectivity index (χ2v) is 4.30. The highest BCUT2D eigenvalue weighted by Crippen LogP contribution is 2.29. The molecule has 1 aromatic rings. The molecule has 0 spiro atoms. The number of carbonyl (C=O) groups excluding carboxylic acids is 1. The normalized spacial score (nSPS) is 14.8. The first-order chi connectivity index (χ1) is 9.38. The lowest BCUT2D eigenvalue weighted by Gasteiger charge is -2.11. The lowest BCUT2D eigenvalue weighted by Crippen LogP contribution is -2.31. The summed E-state index contributed by atoms with van der Waals surface area (Å²) in [5, 5.41) is 5.20. The molecule has 0 saturated heterocycles. The Kier molecular flexibility index (Phi) is 3.93. The van der Waals surface area contributed by atoms with Crippen LogP contribution in [0, 0.1) is 0 Å². The largest absolute Gasteiger partial charge is 0.433 e. The van der Waals surface area contributed by atoms with E-state index in [-0.39, 0.29) is 30.3 Å². The molecule has 5 N–H and O–H groups in total. The average molecular weight is 290 g/mol. The van der Waals surface area contributed by atoms with Gasteiger partial charge in [0.25, 0.3) is 0 Å². The number of hydrazine groups is 1. The molecule has 7 nitrogen and oxygen atoms in total. The fourth-order valence-electron chi connectivity index (χ4n) is 1.42. The predicted octanol–water partition coefficient (Wildman–Crippen LogP) is 0.471. The monoisotopic (exact) mass is 290 g/mol. The van der Waals surface area contributed by atoms with Gasteiger partial charge in [-0.05, 0) is 12.8 Å². The highest BCUT2D eigenvalue weighted by atomic mass is 19.4. The number of nitrogen functional groups attached to an aromatic ring is 1. The van der Waals surface area contributed by atoms with Crippen LogP contribution >= 0.6 is 0 Å². The van der Waals surface area contributed by atoms with E-state index in [1.807, 2.05) is 5.43 Å². The Morgan fingerprint density at radius 2 is 2.10 bits per heavy atom. The minimum absolute atomic E-state index is 0.133. The second kappa shape index (κ2) is 5.49. The van der Waals surface area contributed by atoms with Gasteiger partial charge < -0.3 is 10.6 Å². The first-order valence-electron chi connectivity index (χ1n) is 5.84. The Morgan fingerprint density at radius 3 is 2.65 bits per heavy atom. The zero-order valence-corrected chi connectivity index (χ0v) is 10.3. The van der Waals surface area contributed by atoms with Gasteiger partial charge in [0.2, 0.25) is 11.9 Å². The van der Waals surface area contributed by atoms with Gasteiger partial charge in [0.15, 0.2) is 5.69 Å². The van der Waals surface area contributed by atoms with Crippen molar-refractivity contribution in [1.29, 1.82) is 0 Å². The maximum absolute atomic E-state index is 12.6. The summed E-state index contributed by atoms with van der Waals surface area (Å²) >= 11 is 0. The maximum atomic E-state index is 12.6. The first-order valence-corrected chi connectivity index (χ1v) is 5.84. The smallest absolute Gasteiger partial charge is 0.361 e. The molecule has 0 atom stereocenters. The summed E-state index contributed by atoms with van der Waals surface area (Å²) in [5.74, 6) is 4.19. The van der Waals surface area contributed by atoms with Gasteiger partial charge in [0.05, 0.1) is 6.54 Å². The van der Waals surface area contributed by atoms with Crippen LogP contribution in [0.1, 0.15) is 18.5 Å². The minimum Gasteiger partial charge on any atom is -0.361 e. The Hall–Kier alpha value is -2.10. The fourth-order valence-corrected chi connectivity index (χ4v) is 1.42. The van der Waals surface area contributed by atoms with Crippen LogP contribution in [0.25, 0.3) is 0 Å². The molecular formula is C10H13F3N6O. The third kappa shape index (κ3) is 3.95. The van der Waals surface area contributed by atoms with Gasteiger partial charge in [-0.25, -0.2) is 10.8 Å². The molecular weight excluding hydrogens is 277 g/mol. The Labute approximate surface area is 112 Å². The van der Waals surface area contributed by atoms with Gasteiger partial charge in [0.1, 0.15) is 5.82 Å². The van der Waals surface area contributed by atoms with Crippen molar-refractivity contribution in [2.75, 3.05) is 17.3 Å². The zero-order valence-electron chi connectivity index (χ0n) is 10.3. The number of aromatic nitrogens is 2. The van der Waals surface area contributed by atoms with E-state index in [0.29, 0.717) is 6.07 Å². The number of hydrogen-bond acceptors (Lipinski definition) is 6. The molecule has 1 saturated carbocycles. The molecule has 10 heteroatoms. The maximum Gasteiger partial charge on any atom is 0.433 e. The highest BCUT2D eigenvalue weighted by Gasteiger charge is 2.33. The Balaban J connectivity index is 2.03. The van der Waals surface area contributed by atoms with Gasteiger partial charge in [-0.15, -0.1) is 0 Å². The molecule has 110 valence electrons. The average Bonchev–Trinajstić information content (AvgIpc) is 3.19. The van der Waals surface area contributed by atoms with E-state index in [9.17, 15) is 18.0 Å². The van der Waals surface area contributed by atoms with Crippen LogP contribution in [-0.2, 0) is 11.0 Å². The summed E-state index contributed by atoms with van der Waals surface area (Å²) in [5.41, 5.74) is 0.799. The van der Waals surface area contributed by atoms with E-state index in [4.69, 9.17) is 5.84 Å². The van der Waals surface area contributed by atoms with Crippen molar-refractivity contribution >= 4 is 17.7 Å². The highest BCUT2D eigenvalue weighted by molar-refractivity contribution is 5.81. The van der Waals surface area contributed by atoms with Crippen LogP contribution in [0.4, 0.5) is 24.9 Å². The molecule has 1 heterocycles. The van der Waals surface area contributed by atoms with Crippen LogP contribution in [0.5, 0.6) is 0 Å². The number of rotatable bonds is 5. The third-order valence-corrected chi connectivity index (χ3v) is 2.52. The Bertz CT molecular complexity index is 502. The minimum atomic E-state index is -4.62. The van der Waals surface area contributed by atoms with Crippen molar-refractivity contribution in [3.63, 3.8) is 0 Å². The summed E-state index contributed by atoms with van der Waals surface area (Å²) in [6.45, 7) is -0.172. The number of nitrogens with zero attached hydrogens (tertiary/aromatic N) is 2. The number of alkyl halides is 3. The lowest BCUT2D eigenvalue weighted by molar-refractivity contribution is -0.141. The molecule has 0 radical (unpaired) electrons. The molecule has 2 rings (SSSR count). The van der Waals surface area contributed by atoms with E-state index in [0.717, 1.165) is 12.8 Å². The van der Waals surface area contributed by atoms with Crippen LogP contribution in [0.3, 0.4) is 0 Å². The fraction of sp³-hybridized carbons (Fsp3) is 0.500. The van der Waals surface area contributed by atoms with E-state index in [1.165, 1.54) is 0 Å². The quantitative estimate of drug-likeness (QED) is 0.464. The van der Waals surface area contributed by atoms with Crippen molar-refractivity contribution in [2.45, 2.75) is 25.1 Å². The molecule has 1 aliphatic carbocycles. The molecule has 20 heavy (non-hydrogen) atoms. The first kappa shape index (κ1) is 14.3. The number of hydrogen-bond donors (Lipinski definition) is 4. The van der Waals surface area contributed by atoms with Crippen LogP contribution in [-0.4, -0.2) is 28.5 Å². The molecule has 1 aromatic heterocycles. The molecule has 1 aliphatic rings. The predicted molar refractivity (Wildman–Crippen MR) is 64.5 cm³/mol. The van der Waals surface area contributed by atoms with Gasteiger partial charge in [0, 0.05) is 12.1 Å². The summed E-state index contributed by atoms with van der Waals surface area (Å²) < 4.78 is 37.8. The SMILES string of the molecule is NNc1nc(NCC(=O)NC2CC2)cc(C(F)(F)F)n1. The zero-order chi connectivity index (χ0) is 14.8. The van der Waals surface area contributed by atoms with Crippen LogP contribution < -0.4 is 21.9 Å². The summed E-state index contributed by atoms with van der Waals surface area (Å²) in [6, 6.07) is 0.896. The number of carbonyl (C=O) groups is 1. The van der Waals surface area contributed by atoms with E-state index in [1.54, 1.807) is 0 Å². The Morgan fingerprint density at radius 1 is 1.40 bits per heavy atom. The van der Waals surface area contributed by atoms with Gasteiger partial charge in [-0.1, -0.05) is 0 Å². The van der Waals surface area contributed by atoms with Crippen molar-refractivity contribution in [2.24, 2.45) is 5.84 Å². The molecule has 0 aliphatic heterocycles. The molecule has 1 amide bonds. The number of amides is 1. The number of halogens is 3. The third-order valence-electron chi connectivity index (χ3n) is 2.52. The second-order valence-electron chi connectivity index (χ2n) is 4.30. The van der Waals surface area contributed by atoms with E-state index >= 15 is 0 Å². The standard InChI is InChI=1S/C10H13F3N6O/c11-10(12,13)6-3-7(18-9(17-6)19-14)15-4-8(20)16-5-1-2-5/h3,5H,1-2,4,14H2,(H,16,20)(H2,15,17,18,19). The van der Waals surface area contributed by atoms with Crippen molar-refractivity contribution in [1.82, 2.24) is 15.3 Å². The number of nitrogens with one attached hydrogen (secondary N) is 3. The van der Waals surface area contributed by atoms with Gasteiger partial charge in [-0.2, -0.15) is 18.2 Å². The summed E-state index contributed by atoms with van der Waals surface area (Å²) in [7, 11) is 0. The summed E-state index contributed by atoms with van der Waals surface area (Å²) in [4.78, 5) is 18.3. The lowest BCUT2D eigenvalue weighted by atomic mass is 10.3. The van der Waals surface area contributed by atoms with Crippen LogP contribution in [0.15, 0.2) is 6.07 Å². The molecule has 0 aromatic carbocycles. The van der Waals surface area contributed by atoms with Crippen LogP contribution in [0.2, 0.25) is 0 Å². The van der Waals surface area contributed by atoms with Gasteiger partial charge in [-0.3, -0.25) is 10.2 Å². The van der Waals surface area contributed by atoms with Crippen molar-refractivity contribution in [3.05, 3.63) is 11.8 Å². The van der Waals surface area contributed by atoms with Crippen molar-refractivity contribution < 1.29 is 18.0 Å². The molecule has 0 bridgehead atoms.